The van der Waals surface area contributed by atoms with Crippen LogP contribution < -0.4 is 15.5 Å². The van der Waals surface area contributed by atoms with E-state index in [4.69, 9.17) is 10.7 Å². The van der Waals surface area contributed by atoms with Gasteiger partial charge in [0.25, 0.3) is 0 Å². The lowest BCUT2D eigenvalue weighted by Crippen LogP contribution is -2.45. The second-order valence-corrected chi connectivity index (χ2v) is 16.6. The monoisotopic (exact) mass is 704 g/mol. The number of rotatable bonds is 8. The van der Waals surface area contributed by atoms with Crippen molar-refractivity contribution in [3.8, 4) is 22.4 Å². The average molecular weight is 705 g/mol. The molecular weight excluding hydrogens is 665 g/mol. The third-order valence-corrected chi connectivity index (χ3v) is 12.5. The molecule has 1 saturated heterocycles. The quantitative estimate of drug-likeness (QED) is 0.175. The first-order valence-corrected chi connectivity index (χ1v) is 19.2. The molecule has 11 nitrogen and oxygen atoms in total. The zero-order valence-corrected chi connectivity index (χ0v) is 29.4. The van der Waals surface area contributed by atoms with Gasteiger partial charge in [0.1, 0.15) is 15.5 Å². The predicted octanol–water partition coefficient (Wildman–Crippen LogP) is 6.13. The minimum atomic E-state index is -3.02. The highest BCUT2D eigenvalue weighted by molar-refractivity contribution is 7.91. The fourth-order valence-corrected chi connectivity index (χ4v) is 8.65. The molecule has 0 atom stereocenters. The Morgan fingerprint density at radius 2 is 1.63 bits per heavy atom. The van der Waals surface area contributed by atoms with E-state index in [1.54, 1.807) is 35.2 Å². The van der Waals surface area contributed by atoms with Crippen molar-refractivity contribution in [2.45, 2.75) is 49.6 Å². The van der Waals surface area contributed by atoms with Crippen molar-refractivity contribution in [1.29, 1.82) is 0 Å². The minimum Gasteiger partial charge on any atom is -0.478 e. The highest BCUT2D eigenvalue weighted by Crippen LogP contribution is 2.46. The van der Waals surface area contributed by atoms with Gasteiger partial charge in [0.05, 0.1) is 34.9 Å². The van der Waals surface area contributed by atoms with Crippen molar-refractivity contribution in [2.75, 3.05) is 36.2 Å². The maximum atomic E-state index is 13.7. The zero-order valence-electron chi connectivity index (χ0n) is 28.6. The number of carbonyl (C=O) groups is 2. The number of aromatic nitrogens is 2. The SMILES string of the molecule is CN1C(=O)N(c2ccc(C(=O)O)cc2)Cc2c1cnc1[nH]c(-c3ccc(CN4CCC(S(C)(=O)=O)CC4)cc3)c(-c3ccc(C4(N)CC4)cc3)c21. The molecule has 51 heavy (non-hydrogen) atoms. The van der Waals surface area contributed by atoms with Crippen molar-refractivity contribution < 1.29 is 23.1 Å². The molecule has 2 aromatic heterocycles. The van der Waals surface area contributed by atoms with E-state index in [-0.39, 0.29) is 28.9 Å². The summed E-state index contributed by atoms with van der Waals surface area (Å²) in [6, 6.07) is 23.0. The largest absolute Gasteiger partial charge is 0.478 e. The van der Waals surface area contributed by atoms with Gasteiger partial charge in [-0.1, -0.05) is 48.5 Å². The number of nitrogens with one attached hydrogen (secondary N) is 1. The molecule has 3 aliphatic rings. The molecule has 12 heteroatoms. The standard InChI is InChI=1S/C39H40N6O5S/c1-43-32-21-41-36-34(31(32)23-45(38(43)48)29-13-9-27(10-14-29)37(46)47)33(25-7-11-28(12-8-25)39(40)17-18-39)35(42-36)26-5-3-24(4-6-26)22-44-19-15-30(16-20-44)51(2,49)50/h3-14,21,30H,15-20,22-23,40H2,1-2H3,(H,41,42)(H,46,47). The van der Waals surface area contributed by atoms with E-state index in [9.17, 15) is 23.1 Å². The summed E-state index contributed by atoms with van der Waals surface area (Å²) in [7, 11) is -1.29. The number of urea groups is 1. The number of carbonyl (C=O) groups excluding carboxylic acids is 1. The van der Waals surface area contributed by atoms with Gasteiger partial charge in [-0.15, -0.1) is 0 Å². The lowest BCUT2D eigenvalue weighted by atomic mass is 9.93. The number of nitrogens with zero attached hydrogens (tertiary/aromatic N) is 4. The number of amides is 2. The van der Waals surface area contributed by atoms with Crippen LogP contribution in [0.4, 0.5) is 16.2 Å². The number of H-pyrrole nitrogens is 1. The summed E-state index contributed by atoms with van der Waals surface area (Å²) in [6.45, 7) is 2.52. The number of nitrogens with two attached hydrogens (primary N) is 1. The number of piperidine rings is 1. The lowest BCUT2D eigenvalue weighted by molar-refractivity contribution is 0.0697. The van der Waals surface area contributed by atoms with Gasteiger partial charge in [-0.2, -0.15) is 0 Å². The Kier molecular flexibility index (Phi) is 8.01. The highest BCUT2D eigenvalue weighted by Gasteiger charge is 2.40. The number of anilines is 2. The van der Waals surface area contributed by atoms with E-state index in [0.29, 0.717) is 29.9 Å². The van der Waals surface area contributed by atoms with Crippen LogP contribution in [0.1, 0.15) is 52.7 Å². The Labute approximate surface area is 296 Å². The van der Waals surface area contributed by atoms with E-state index in [0.717, 1.165) is 76.9 Å². The minimum absolute atomic E-state index is 0.151. The molecule has 1 saturated carbocycles. The molecule has 0 unspecified atom stereocenters. The maximum Gasteiger partial charge on any atom is 0.335 e. The smallest absolute Gasteiger partial charge is 0.335 e. The van der Waals surface area contributed by atoms with Crippen molar-refractivity contribution >= 4 is 44.2 Å². The number of carboxylic acid groups (broad SMARTS) is 1. The van der Waals surface area contributed by atoms with Gasteiger partial charge in [0.15, 0.2) is 0 Å². The number of fused-ring (bicyclic) bond motifs is 3. The molecule has 4 heterocycles. The number of sulfone groups is 1. The molecule has 2 amide bonds. The van der Waals surface area contributed by atoms with Gasteiger partial charge < -0.3 is 15.8 Å². The van der Waals surface area contributed by atoms with Crippen LogP contribution in [0, 0.1) is 0 Å². The predicted molar refractivity (Wildman–Crippen MR) is 199 cm³/mol. The van der Waals surface area contributed by atoms with Gasteiger partial charge in [0.2, 0.25) is 0 Å². The molecule has 3 aromatic carbocycles. The number of pyridine rings is 1. The summed E-state index contributed by atoms with van der Waals surface area (Å²) in [5, 5.41) is 10.1. The normalized spacial score (nSPS) is 17.9. The first kappa shape index (κ1) is 33.1. The molecule has 8 rings (SSSR count). The van der Waals surface area contributed by atoms with Crippen LogP contribution in [-0.4, -0.2) is 72.0 Å². The van der Waals surface area contributed by atoms with Crippen LogP contribution in [0.15, 0.2) is 79.0 Å². The van der Waals surface area contributed by atoms with E-state index in [2.05, 4.69) is 58.4 Å². The average Bonchev–Trinajstić information content (AvgIpc) is 3.76. The highest BCUT2D eigenvalue weighted by atomic mass is 32.2. The van der Waals surface area contributed by atoms with Gasteiger partial charge in [0, 0.05) is 47.6 Å². The Balaban J connectivity index is 1.19. The van der Waals surface area contributed by atoms with Gasteiger partial charge in [-0.25, -0.2) is 23.0 Å². The van der Waals surface area contributed by atoms with Gasteiger partial charge in [-0.05, 0) is 85.3 Å². The van der Waals surface area contributed by atoms with E-state index < -0.39 is 15.8 Å². The molecule has 0 spiro atoms. The van der Waals surface area contributed by atoms with Crippen molar-refractivity contribution in [3.63, 3.8) is 0 Å². The summed E-state index contributed by atoms with van der Waals surface area (Å²) in [5.74, 6) is -1.03. The van der Waals surface area contributed by atoms with Crippen LogP contribution in [0.5, 0.6) is 0 Å². The molecule has 5 aromatic rings. The lowest BCUT2D eigenvalue weighted by Gasteiger charge is -2.35. The summed E-state index contributed by atoms with van der Waals surface area (Å²) < 4.78 is 24.1. The maximum absolute atomic E-state index is 13.7. The Bertz CT molecular complexity index is 2270. The van der Waals surface area contributed by atoms with Gasteiger partial charge in [-0.3, -0.25) is 14.7 Å². The second kappa shape index (κ2) is 12.3. The summed E-state index contributed by atoms with van der Waals surface area (Å²) in [4.78, 5) is 39.2. The molecular formula is C39H40N6O5S. The first-order chi connectivity index (χ1) is 24.4. The van der Waals surface area contributed by atoms with Crippen molar-refractivity contribution in [3.05, 3.63) is 101 Å². The first-order valence-electron chi connectivity index (χ1n) is 17.2. The van der Waals surface area contributed by atoms with Crippen LogP contribution >= 0.6 is 0 Å². The van der Waals surface area contributed by atoms with Crippen molar-refractivity contribution in [1.82, 2.24) is 14.9 Å². The Hall–Kier alpha value is -5.04. The molecule has 0 bridgehead atoms. The van der Waals surface area contributed by atoms with Crippen LogP contribution in [-0.2, 0) is 28.5 Å². The Morgan fingerprint density at radius 1 is 0.980 bits per heavy atom. The van der Waals surface area contributed by atoms with E-state index in [1.165, 1.54) is 18.4 Å². The Morgan fingerprint density at radius 3 is 2.24 bits per heavy atom. The van der Waals surface area contributed by atoms with E-state index >= 15 is 0 Å². The number of hydrogen-bond donors (Lipinski definition) is 3. The number of aromatic carboxylic acids is 1. The summed E-state index contributed by atoms with van der Waals surface area (Å²) in [6.07, 6.45) is 6.31. The van der Waals surface area contributed by atoms with Crippen molar-refractivity contribution in [2.24, 2.45) is 5.73 Å². The van der Waals surface area contributed by atoms with Crippen LogP contribution in [0.25, 0.3) is 33.4 Å². The fourth-order valence-electron chi connectivity index (χ4n) is 7.58. The van der Waals surface area contributed by atoms with E-state index in [1.807, 2.05) is 0 Å². The number of aromatic amines is 1. The zero-order chi connectivity index (χ0) is 35.7. The molecule has 2 fully saturated rings. The fraction of sp³-hybridized carbons (Fsp3) is 0.308. The molecule has 0 radical (unpaired) electrons. The number of hydrogen-bond acceptors (Lipinski definition) is 7. The number of benzene rings is 3. The van der Waals surface area contributed by atoms with Crippen LogP contribution in [0.3, 0.4) is 0 Å². The second-order valence-electron chi connectivity index (χ2n) is 14.2. The summed E-state index contributed by atoms with van der Waals surface area (Å²) >= 11 is 0. The number of carboxylic acids is 1. The van der Waals surface area contributed by atoms with Crippen LogP contribution in [0.2, 0.25) is 0 Å². The molecule has 4 N–H and O–H groups in total. The molecule has 2 aliphatic heterocycles. The molecule has 1 aliphatic carbocycles. The third kappa shape index (κ3) is 6.07. The number of likely N-dealkylation sites (tertiary alicyclic amines) is 1. The summed E-state index contributed by atoms with van der Waals surface area (Å²) in [5.41, 5.74) is 15.5. The third-order valence-electron chi connectivity index (χ3n) is 10.9. The van der Waals surface area contributed by atoms with Gasteiger partial charge >= 0.3 is 12.0 Å². The molecule has 262 valence electrons. The topological polar surface area (TPSA) is 153 Å².